The second-order valence-electron chi connectivity index (χ2n) is 17.7. The summed E-state index contributed by atoms with van der Waals surface area (Å²) in [5.41, 5.74) is 0.731. The summed E-state index contributed by atoms with van der Waals surface area (Å²) in [6.07, 6.45) is -1.03. The van der Waals surface area contributed by atoms with E-state index in [1.165, 1.54) is 17.1 Å². The first-order valence-electron chi connectivity index (χ1n) is 21.3. The van der Waals surface area contributed by atoms with Gasteiger partial charge in [0.05, 0.1) is 46.3 Å². The van der Waals surface area contributed by atoms with E-state index in [9.17, 15) is 10.1 Å². The smallest absolute Gasteiger partial charge is 0.263 e. The van der Waals surface area contributed by atoms with Crippen LogP contribution in [0.25, 0.3) is 11.0 Å². The lowest BCUT2D eigenvalue weighted by atomic mass is 9.80. The van der Waals surface area contributed by atoms with Crippen molar-refractivity contribution in [1.82, 2.24) is 19.2 Å². The fraction of sp³-hybridized carbons (Fsp3) is 0.468. The molecule has 6 rings (SSSR count). The number of hydrogen-bond donors (Lipinski definition) is 1. The first-order valence-corrected chi connectivity index (χ1v) is 25.3. The van der Waals surface area contributed by atoms with Gasteiger partial charge < -0.3 is 42.0 Å². The molecular weight excluding hydrogens is 841 g/mol. The Kier molecular flexibility index (Phi) is 15.3. The number of H-pyrrole nitrogens is 1. The van der Waals surface area contributed by atoms with E-state index in [4.69, 9.17) is 32.4 Å². The van der Waals surface area contributed by atoms with Gasteiger partial charge in [-0.2, -0.15) is 5.26 Å². The van der Waals surface area contributed by atoms with Crippen molar-refractivity contribution in [3.63, 3.8) is 0 Å². The van der Waals surface area contributed by atoms with Crippen molar-refractivity contribution in [1.29, 1.82) is 5.26 Å². The largest absolute Gasteiger partial charge is 0.497 e. The molecule has 2 unspecified atom stereocenters. The summed E-state index contributed by atoms with van der Waals surface area (Å²) >= 11 is 0. The summed E-state index contributed by atoms with van der Waals surface area (Å²) in [4.78, 5) is 20.0. The van der Waals surface area contributed by atoms with Crippen LogP contribution >= 0.6 is 8.53 Å². The second kappa shape index (κ2) is 20.1. The third-order valence-electron chi connectivity index (χ3n) is 11.9. The van der Waals surface area contributed by atoms with Crippen molar-refractivity contribution in [2.45, 2.75) is 115 Å². The molecule has 0 aliphatic carbocycles. The standard InChI is InChI=1S/C47H61FN5O8PSi/c1-31(2)53(32(3)4)62(58-27-15-26-49)60-41-39(59-45(42(41)61-63(10,11)46(5,6)7)52-28-38(48)40-43(52)50-30-51-44(40)54)29-57-47(33-16-13-12-14-17-33,34-18-22-36(55-8)23-19-34)35-20-24-37(56-9)25-21-35/h12-14,16-25,28,30-32,39,41-42,45H,15,27,29H2,1-11H3,(H,50,51,54)/t39-,41-,42-,45?,62?/m1/s1. The summed E-state index contributed by atoms with van der Waals surface area (Å²) in [7, 11) is -1.29. The van der Waals surface area contributed by atoms with E-state index >= 15 is 4.39 Å². The predicted octanol–water partition coefficient (Wildman–Crippen LogP) is 9.84. The minimum atomic E-state index is -2.69. The SMILES string of the molecule is COc1ccc(C(OC[C@H]2OC(n3cc(F)c4c(=O)[nH]cnc43)[C@H](O[Si](C)(C)C(C)(C)C)[C@@H]2OP(OCCC#N)N(C(C)C)C(C)C)(c2ccccc2)c2ccc(OC)cc2)cc1. The normalized spacial score (nSPS) is 19.0. The van der Waals surface area contributed by atoms with Crippen LogP contribution in [0.5, 0.6) is 11.5 Å². The molecule has 0 radical (unpaired) electrons. The minimum absolute atomic E-state index is 0.0138. The zero-order chi connectivity index (χ0) is 45.7. The van der Waals surface area contributed by atoms with Crippen LogP contribution in [0, 0.1) is 17.1 Å². The molecule has 3 aromatic carbocycles. The highest BCUT2D eigenvalue weighted by molar-refractivity contribution is 7.44. The molecule has 1 aliphatic heterocycles. The van der Waals surface area contributed by atoms with Crippen LogP contribution in [0.1, 0.15) is 77.8 Å². The molecule has 63 heavy (non-hydrogen) atoms. The highest BCUT2D eigenvalue weighted by Gasteiger charge is 2.54. The van der Waals surface area contributed by atoms with Crippen molar-refractivity contribution in [2.24, 2.45) is 0 Å². The Morgan fingerprint density at radius 1 is 0.921 bits per heavy atom. The molecule has 16 heteroatoms. The quantitative estimate of drug-likeness (QED) is 0.0366. The van der Waals surface area contributed by atoms with Gasteiger partial charge in [-0.15, -0.1) is 0 Å². The van der Waals surface area contributed by atoms with Gasteiger partial charge in [0.15, 0.2) is 26.0 Å². The Hall–Kier alpha value is -4.49. The Morgan fingerprint density at radius 2 is 1.49 bits per heavy atom. The van der Waals surface area contributed by atoms with Crippen LogP contribution in [0.15, 0.2) is 96.2 Å². The molecule has 5 atom stereocenters. The molecule has 2 aromatic heterocycles. The Balaban J connectivity index is 1.57. The number of aromatic amines is 1. The van der Waals surface area contributed by atoms with Crippen molar-refractivity contribution >= 4 is 27.9 Å². The first-order chi connectivity index (χ1) is 30.0. The first kappa shape index (κ1) is 48.0. The number of nitrogens with zero attached hydrogens (tertiary/aromatic N) is 4. The molecule has 1 N–H and O–H groups in total. The summed E-state index contributed by atoms with van der Waals surface area (Å²) in [6.45, 7) is 19.0. The maximum absolute atomic E-state index is 15.9. The summed E-state index contributed by atoms with van der Waals surface area (Å²) in [5, 5.41) is 9.10. The second-order valence-corrected chi connectivity index (χ2v) is 23.8. The summed E-state index contributed by atoms with van der Waals surface area (Å²) in [5.74, 6) is 0.612. The van der Waals surface area contributed by atoms with E-state index in [1.54, 1.807) is 14.2 Å². The number of nitriles is 1. The maximum atomic E-state index is 15.9. The molecule has 3 heterocycles. The highest BCUT2D eigenvalue weighted by Crippen LogP contribution is 2.53. The summed E-state index contributed by atoms with van der Waals surface area (Å²) in [6, 6.07) is 27.6. The van der Waals surface area contributed by atoms with E-state index < -0.39 is 58.4 Å². The predicted molar refractivity (Wildman–Crippen MR) is 245 cm³/mol. The topological polar surface area (TPSA) is 142 Å². The van der Waals surface area contributed by atoms with E-state index in [2.05, 4.69) is 82.3 Å². The van der Waals surface area contributed by atoms with Crippen LogP contribution in [0.3, 0.4) is 0 Å². The fourth-order valence-electron chi connectivity index (χ4n) is 7.76. The zero-order valence-corrected chi connectivity index (χ0v) is 40.0. The average Bonchev–Trinajstić information content (AvgIpc) is 3.77. The number of hydrogen-bond acceptors (Lipinski definition) is 11. The molecule has 13 nitrogen and oxygen atoms in total. The number of fused-ring (bicyclic) bond motifs is 1. The van der Waals surface area contributed by atoms with Gasteiger partial charge >= 0.3 is 0 Å². The molecular formula is C47H61FN5O8PSi. The highest BCUT2D eigenvalue weighted by atomic mass is 31.2. The molecule has 0 bridgehead atoms. The molecule has 338 valence electrons. The van der Waals surface area contributed by atoms with Gasteiger partial charge in [0.1, 0.15) is 40.8 Å². The number of rotatable bonds is 19. The fourth-order valence-corrected chi connectivity index (χ4v) is 10.8. The number of ether oxygens (including phenoxy) is 4. The van der Waals surface area contributed by atoms with Crippen LogP contribution in [0.4, 0.5) is 4.39 Å². The molecule has 0 spiro atoms. The Bertz CT molecular complexity index is 2310. The minimum Gasteiger partial charge on any atom is -0.497 e. The molecule has 1 saturated heterocycles. The monoisotopic (exact) mass is 901 g/mol. The lowest BCUT2D eigenvalue weighted by Crippen LogP contribution is -2.50. The Morgan fingerprint density at radius 3 is 2.02 bits per heavy atom. The van der Waals surface area contributed by atoms with Crippen molar-refractivity contribution in [2.75, 3.05) is 27.4 Å². The van der Waals surface area contributed by atoms with E-state index in [0.29, 0.717) is 11.5 Å². The number of halogens is 1. The van der Waals surface area contributed by atoms with Gasteiger partial charge in [-0.1, -0.05) is 75.4 Å². The zero-order valence-electron chi connectivity index (χ0n) is 38.1. The average molecular weight is 902 g/mol. The van der Waals surface area contributed by atoms with Crippen molar-refractivity contribution in [3.8, 4) is 17.6 Å². The van der Waals surface area contributed by atoms with E-state index in [1.807, 2.05) is 78.9 Å². The van der Waals surface area contributed by atoms with Gasteiger partial charge in [-0.05, 0) is 86.8 Å². The lowest BCUT2D eigenvalue weighted by Gasteiger charge is -2.42. The van der Waals surface area contributed by atoms with E-state index in [-0.39, 0.29) is 47.8 Å². The molecule has 5 aromatic rings. The van der Waals surface area contributed by atoms with Gasteiger partial charge in [-0.25, -0.2) is 14.0 Å². The van der Waals surface area contributed by atoms with Crippen LogP contribution in [-0.2, 0) is 28.5 Å². The van der Waals surface area contributed by atoms with Gasteiger partial charge in [0.2, 0.25) is 0 Å². The molecule has 1 fully saturated rings. The van der Waals surface area contributed by atoms with Crippen LogP contribution < -0.4 is 15.0 Å². The third kappa shape index (κ3) is 10.1. The number of nitrogens with one attached hydrogen (secondary N) is 1. The van der Waals surface area contributed by atoms with Gasteiger partial charge in [0.25, 0.3) is 14.1 Å². The van der Waals surface area contributed by atoms with Gasteiger partial charge in [0, 0.05) is 18.3 Å². The molecule has 1 aliphatic rings. The number of methoxy groups -OCH3 is 2. The number of benzene rings is 3. The van der Waals surface area contributed by atoms with Gasteiger partial charge in [-0.3, -0.25) is 4.79 Å². The Labute approximate surface area is 372 Å². The lowest BCUT2D eigenvalue weighted by molar-refractivity contribution is -0.0926. The molecule has 0 saturated carbocycles. The van der Waals surface area contributed by atoms with Crippen molar-refractivity contribution < 1.29 is 36.8 Å². The summed E-state index contributed by atoms with van der Waals surface area (Å²) < 4.78 is 66.5. The third-order valence-corrected chi connectivity index (χ3v) is 18.5. The van der Waals surface area contributed by atoms with Crippen molar-refractivity contribution in [3.05, 3.63) is 124 Å². The van der Waals surface area contributed by atoms with E-state index in [0.717, 1.165) is 16.7 Å². The van der Waals surface area contributed by atoms with Crippen LogP contribution in [-0.4, -0.2) is 85.4 Å². The van der Waals surface area contributed by atoms with Crippen LogP contribution in [0.2, 0.25) is 18.1 Å². The molecule has 0 amide bonds. The maximum Gasteiger partial charge on any atom is 0.263 e. The number of aromatic nitrogens is 3.